The van der Waals surface area contributed by atoms with Crippen LogP contribution in [0.15, 0.2) is 194 Å². The van der Waals surface area contributed by atoms with Crippen molar-refractivity contribution in [1.82, 2.24) is 15.0 Å². The number of nitrogens with zero attached hydrogens (tertiary/aromatic N) is 4. The standard InChI is InChI=1S/C50H32N4/c51-33-34-15-17-42(18-16-34)49-50(54-46-14-8-7-13-45(46)53-49)43-29-27-38(28-30-43)36-21-19-35(20-22-36)37-23-25-39(26-24-37)44-31-47(40-9-3-1-4-10-40)52-48(32-44)41-11-5-2-6-12-41/h1-32H. The Kier molecular flexibility index (Phi) is 8.57. The molecule has 0 aliphatic heterocycles. The number of benzene rings is 7. The van der Waals surface area contributed by atoms with Crippen LogP contribution in [0, 0.1) is 11.3 Å². The minimum atomic E-state index is 0.613. The van der Waals surface area contributed by atoms with Crippen molar-refractivity contribution in [2.45, 2.75) is 0 Å². The molecule has 252 valence electrons. The number of hydrogen-bond donors (Lipinski definition) is 0. The van der Waals surface area contributed by atoms with Crippen molar-refractivity contribution >= 4 is 11.0 Å². The van der Waals surface area contributed by atoms with Gasteiger partial charge < -0.3 is 0 Å². The van der Waals surface area contributed by atoms with Gasteiger partial charge in [-0.2, -0.15) is 5.26 Å². The molecule has 7 aromatic carbocycles. The topological polar surface area (TPSA) is 62.5 Å². The Balaban J connectivity index is 0.982. The zero-order valence-electron chi connectivity index (χ0n) is 29.3. The van der Waals surface area contributed by atoms with Gasteiger partial charge in [-0.1, -0.05) is 158 Å². The summed E-state index contributed by atoms with van der Waals surface area (Å²) in [6, 6.07) is 68.7. The predicted octanol–water partition coefficient (Wildman–Crippen LogP) is 12.6. The molecule has 0 radical (unpaired) electrons. The van der Waals surface area contributed by atoms with E-state index < -0.39 is 0 Å². The number of hydrogen-bond acceptors (Lipinski definition) is 4. The molecule has 9 rings (SSSR count). The lowest BCUT2D eigenvalue weighted by Gasteiger charge is -2.12. The van der Waals surface area contributed by atoms with Crippen molar-refractivity contribution < 1.29 is 0 Å². The SMILES string of the molecule is N#Cc1ccc(-c2nc3ccccc3nc2-c2ccc(-c3ccc(-c4ccc(-c5cc(-c6ccccc6)nc(-c6ccccc6)c5)cc4)cc3)cc2)cc1. The summed E-state index contributed by atoms with van der Waals surface area (Å²) in [6.07, 6.45) is 0. The van der Waals surface area contributed by atoms with Gasteiger partial charge in [-0.15, -0.1) is 0 Å². The van der Waals surface area contributed by atoms with Crippen molar-refractivity contribution in [3.05, 3.63) is 200 Å². The fourth-order valence-corrected chi connectivity index (χ4v) is 6.85. The average Bonchev–Trinajstić information content (AvgIpc) is 3.26. The van der Waals surface area contributed by atoms with Gasteiger partial charge in [0.25, 0.3) is 0 Å². The van der Waals surface area contributed by atoms with Crippen LogP contribution in [0.3, 0.4) is 0 Å². The summed E-state index contributed by atoms with van der Waals surface area (Å²) in [5, 5.41) is 9.31. The first-order valence-electron chi connectivity index (χ1n) is 17.9. The van der Waals surface area contributed by atoms with E-state index in [2.05, 4.69) is 140 Å². The fourth-order valence-electron chi connectivity index (χ4n) is 6.85. The van der Waals surface area contributed by atoms with E-state index in [1.807, 2.05) is 60.7 Å². The predicted molar refractivity (Wildman–Crippen MR) is 220 cm³/mol. The smallest absolute Gasteiger partial charge is 0.0991 e. The minimum Gasteiger partial charge on any atom is -0.248 e. The molecule has 0 unspecified atom stereocenters. The summed E-state index contributed by atoms with van der Waals surface area (Å²) in [5.74, 6) is 0. The maximum absolute atomic E-state index is 9.31. The van der Waals surface area contributed by atoms with Crippen LogP contribution in [0.1, 0.15) is 5.56 Å². The van der Waals surface area contributed by atoms with Gasteiger partial charge in [-0.3, -0.25) is 0 Å². The van der Waals surface area contributed by atoms with Gasteiger partial charge in [0, 0.05) is 22.3 Å². The van der Waals surface area contributed by atoms with Crippen molar-refractivity contribution in [1.29, 1.82) is 5.26 Å². The van der Waals surface area contributed by atoms with Gasteiger partial charge in [0.05, 0.1) is 45.4 Å². The second-order valence-electron chi connectivity index (χ2n) is 13.2. The lowest BCUT2D eigenvalue weighted by Crippen LogP contribution is -1.95. The van der Waals surface area contributed by atoms with Crippen LogP contribution in [0.25, 0.3) is 89.4 Å². The first kappa shape index (κ1) is 32.4. The van der Waals surface area contributed by atoms with Crippen LogP contribution < -0.4 is 0 Å². The maximum atomic E-state index is 9.31. The number of pyridine rings is 1. The van der Waals surface area contributed by atoms with E-state index in [4.69, 9.17) is 15.0 Å². The highest BCUT2D eigenvalue weighted by atomic mass is 14.8. The number of rotatable bonds is 7. The first-order valence-corrected chi connectivity index (χ1v) is 17.9. The number of para-hydroxylation sites is 2. The van der Waals surface area contributed by atoms with Crippen LogP contribution in [0.5, 0.6) is 0 Å². The molecule has 0 atom stereocenters. The Morgan fingerprint density at radius 3 is 1.02 bits per heavy atom. The Hall–Kier alpha value is -7.48. The average molecular weight is 689 g/mol. The van der Waals surface area contributed by atoms with Crippen LogP contribution in [0.2, 0.25) is 0 Å². The van der Waals surface area contributed by atoms with E-state index in [0.717, 1.165) is 89.4 Å². The van der Waals surface area contributed by atoms with Crippen molar-refractivity contribution in [2.24, 2.45) is 0 Å². The van der Waals surface area contributed by atoms with E-state index in [1.165, 1.54) is 0 Å². The molecule has 9 aromatic rings. The van der Waals surface area contributed by atoms with Gasteiger partial charge in [-0.05, 0) is 69.8 Å². The maximum Gasteiger partial charge on any atom is 0.0991 e. The highest BCUT2D eigenvalue weighted by molar-refractivity contribution is 5.87. The molecular formula is C50H32N4. The first-order chi connectivity index (χ1) is 26.7. The molecule has 4 nitrogen and oxygen atoms in total. The largest absolute Gasteiger partial charge is 0.248 e. The zero-order chi connectivity index (χ0) is 36.3. The molecule has 2 aromatic heterocycles. The molecule has 4 heteroatoms. The van der Waals surface area contributed by atoms with E-state index >= 15 is 0 Å². The van der Waals surface area contributed by atoms with Gasteiger partial charge in [-0.25, -0.2) is 15.0 Å². The molecule has 54 heavy (non-hydrogen) atoms. The van der Waals surface area contributed by atoms with Gasteiger partial charge in [0.1, 0.15) is 0 Å². The molecule has 0 aliphatic carbocycles. The molecule has 0 N–H and O–H groups in total. The number of nitriles is 1. The summed E-state index contributed by atoms with van der Waals surface area (Å²) >= 11 is 0. The molecule has 0 fully saturated rings. The van der Waals surface area contributed by atoms with Gasteiger partial charge in [0.15, 0.2) is 0 Å². The second kappa shape index (κ2) is 14.3. The summed E-state index contributed by atoms with van der Waals surface area (Å²) < 4.78 is 0. The monoisotopic (exact) mass is 688 g/mol. The Morgan fingerprint density at radius 1 is 0.296 bits per heavy atom. The van der Waals surface area contributed by atoms with Crippen molar-refractivity contribution in [3.8, 4) is 84.5 Å². The van der Waals surface area contributed by atoms with Crippen LogP contribution in [-0.4, -0.2) is 15.0 Å². The highest BCUT2D eigenvalue weighted by Gasteiger charge is 2.14. The zero-order valence-corrected chi connectivity index (χ0v) is 29.3. The minimum absolute atomic E-state index is 0.613. The Bertz CT molecular complexity index is 2710. The number of fused-ring (bicyclic) bond motifs is 1. The quantitative estimate of drug-likeness (QED) is 0.167. The molecule has 0 amide bonds. The Labute approximate surface area is 314 Å². The third kappa shape index (κ3) is 6.54. The van der Waals surface area contributed by atoms with Gasteiger partial charge in [0.2, 0.25) is 0 Å². The van der Waals surface area contributed by atoms with Crippen molar-refractivity contribution in [3.63, 3.8) is 0 Å². The molecule has 2 heterocycles. The third-order valence-electron chi connectivity index (χ3n) is 9.75. The number of aromatic nitrogens is 3. The highest BCUT2D eigenvalue weighted by Crippen LogP contribution is 2.35. The van der Waals surface area contributed by atoms with Crippen LogP contribution in [-0.2, 0) is 0 Å². The van der Waals surface area contributed by atoms with Gasteiger partial charge >= 0.3 is 0 Å². The van der Waals surface area contributed by atoms with Crippen LogP contribution in [0.4, 0.5) is 0 Å². The molecule has 0 spiro atoms. The second-order valence-corrected chi connectivity index (χ2v) is 13.2. The molecular weight excluding hydrogens is 657 g/mol. The molecule has 0 saturated heterocycles. The van der Waals surface area contributed by atoms with E-state index in [-0.39, 0.29) is 0 Å². The van der Waals surface area contributed by atoms with E-state index in [0.29, 0.717) is 5.56 Å². The summed E-state index contributed by atoms with van der Waals surface area (Å²) in [5.41, 5.74) is 16.7. The van der Waals surface area contributed by atoms with Crippen molar-refractivity contribution in [2.75, 3.05) is 0 Å². The molecule has 0 bridgehead atoms. The third-order valence-corrected chi connectivity index (χ3v) is 9.75. The molecule has 0 aliphatic rings. The van der Waals surface area contributed by atoms with E-state index in [1.54, 1.807) is 0 Å². The summed E-state index contributed by atoms with van der Waals surface area (Å²) in [7, 11) is 0. The molecule has 0 saturated carbocycles. The van der Waals surface area contributed by atoms with Crippen LogP contribution >= 0.6 is 0 Å². The Morgan fingerprint density at radius 2 is 0.630 bits per heavy atom. The fraction of sp³-hybridized carbons (Fsp3) is 0. The lowest BCUT2D eigenvalue weighted by atomic mass is 9.96. The summed E-state index contributed by atoms with van der Waals surface area (Å²) in [4.78, 5) is 15.1. The normalized spacial score (nSPS) is 10.9. The summed E-state index contributed by atoms with van der Waals surface area (Å²) in [6.45, 7) is 0. The van der Waals surface area contributed by atoms with E-state index in [9.17, 15) is 5.26 Å². The lowest BCUT2D eigenvalue weighted by molar-refractivity contribution is 1.29.